The van der Waals surface area contributed by atoms with Crippen LogP contribution in [0.25, 0.3) is 0 Å². The fourth-order valence-electron chi connectivity index (χ4n) is 3.94. The fourth-order valence-corrected chi connectivity index (χ4v) is 3.94. The third-order valence-electron chi connectivity index (χ3n) is 5.35. The predicted octanol–water partition coefficient (Wildman–Crippen LogP) is 2.53. The van der Waals surface area contributed by atoms with Gasteiger partial charge in [-0.1, -0.05) is 6.07 Å². The number of nitrogens with one attached hydrogen (secondary N) is 1. The molecule has 2 heterocycles. The maximum absolute atomic E-state index is 13.2. The highest BCUT2D eigenvalue weighted by molar-refractivity contribution is 5.95. The van der Waals surface area contributed by atoms with Crippen LogP contribution in [0.1, 0.15) is 47.9 Å². The van der Waals surface area contributed by atoms with E-state index in [4.69, 9.17) is 4.74 Å². The van der Waals surface area contributed by atoms with Crippen molar-refractivity contribution in [3.63, 3.8) is 0 Å². The van der Waals surface area contributed by atoms with Gasteiger partial charge in [0.25, 0.3) is 5.91 Å². The Morgan fingerprint density at radius 2 is 2.15 bits per heavy atom. The Labute approximate surface area is 154 Å². The number of carbonyl (C=O) groups excluding carboxylic acids is 1. The number of carbonyl (C=O) groups is 1. The number of nitrogens with zero attached hydrogens (tertiary/aromatic N) is 3. The molecule has 4 rings (SSSR count). The largest absolute Gasteiger partial charge is 0.490 e. The quantitative estimate of drug-likeness (QED) is 0.917. The van der Waals surface area contributed by atoms with E-state index in [0.717, 1.165) is 37.5 Å². The van der Waals surface area contributed by atoms with Crippen molar-refractivity contribution in [3.05, 3.63) is 48.0 Å². The molecule has 1 N–H and O–H groups in total. The van der Waals surface area contributed by atoms with E-state index in [0.29, 0.717) is 18.2 Å². The predicted molar refractivity (Wildman–Crippen MR) is 99.2 cm³/mol. The maximum atomic E-state index is 13.2. The molecular formula is C20H26N4O2. The second-order valence-electron chi connectivity index (χ2n) is 7.17. The number of aromatic nitrogens is 2. The van der Waals surface area contributed by atoms with Gasteiger partial charge in [0.1, 0.15) is 17.6 Å². The van der Waals surface area contributed by atoms with Crippen molar-refractivity contribution >= 4 is 5.91 Å². The maximum Gasteiger partial charge on any atom is 0.254 e. The third-order valence-corrected chi connectivity index (χ3v) is 5.35. The van der Waals surface area contributed by atoms with E-state index in [1.165, 1.54) is 12.8 Å². The number of rotatable bonds is 4. The summed E-state index contributed by atoms with van der Waals surface area (Å²) in [6, 6.07) is 7.56. The molecule has 138 valence electrons. The number of aryl methyl sites for hydroxylation is 1. The summed E-state index contributed by atoms with van der Waals surface area (Å²) in [6.45, 7) is 2.18. The number of benzene rings is 1. The molecule has 1 amide bonds. The molecule has 1 atom stereocenters. The van der Waals surface area contributed by atoms with Crippen LogP contribution in [0, 0.1) is 0 Å². The average Bonchev–Trinajstić information content (AvgIpc) is 3.33. The first-order chi connectivity index (χ1) is 12.7. The number of hydrogen-bond acceptors (Lipinski definition) is 4. The van der Waals surface area contributed by atoms with E-state index in [9.17, 15) is 4.79 Å². The lowest BCUT2D eigenvalue weighted by Crippen LogP contribution is -2.49. The van der Waals surface area contributed by atoms with Crippen molar-refractivity contribution in [1.82, 2.24) is 19.8 Å². The van der Waals surface area contributed by atoms with Crippen LogP contribution in [0.2, 0.25) is 0 Å². The summed E-state index contributed by atoms with van der Waals surface area (Å²) >= 11 is 0. The van der Waals surface area contributed by atoms with Crippen molar-refractivity contribution in [1.29, 1.82) is 0 Å². The molecule has 1 aliphatic heterocycles. The minimum atomic E-state index is -0.0596. The number of imidazole rings is 1. The van der Waals surface area contributed by atoms with Gasteiger partial charge in [-0.15, -0.1) is 0 Å². The first kappa shape index (κ1) is 17.1. The number of hydrogen-bond donors (Lipinski definition) is 1. The van der Waals surface area contributed by atoms with Crippen LogP contribution < -0.4 is 10.1 Å². The van der Waals surface area contributed by atoms with Crippen molar-refractivity contribution in [3.8, 4) is 5.75 Å². The number of amides is 1. The molecular weight excluding hydrogens is 328 g/mol. The normalized spacial score (nSPS) is 21.1. The van der Waals surface area contributed by atoms with E-state index in [1.807, 2.05) is 47.0 Å². The third kappa shape index (κ3) is 3.46. The Balaban J connectivity index is 1.54. The summed E-state index contributed by atoms with van der Waals surface area (Å²) in [5.74, 6) is 1.74. The van der Waals surface area contributed by atoms with Gasteiger partial charge in [-0.2, -0.15) is 0 Å². The zero-order valence-corrected chi connectivity index (χ0v) is 15.2. The van der Waals surface area contributed by atoms with E-state index < -0.39 is 0 Å². The van der Waals surface area contributed by atoms with Gasteiger partial charge in [-0.25, -0.2) is 4.98 Å². The van der Waals surface area contributed by atoms with Crippen LogP contribution >= 0.6 is 0 Å². The number of ether oxygens (including phenoxy) is 1. The molecule has 1 aromatic carbocycles. The summed E-state index contributed by atoms with van der Waals surface area (Å²) in [5, 5.41) is 3.37. The molecule has 1 aliphatic carbocycles. The molecule has 2 aliphatic rings. The summed E-state index contributed by atoms with van der Waals surface area (Å²) < 4.78 is 8.06. The lowest BCUT2D eigenvalue weighted by Gasteiger charge is -2.35. The van der Waals surface area contributed by atoms with Gasteiger partial charge < -0.3 is 19.5 Å². The fraction of sp³-hybridized carbons (Fsp3) is 0.500. The molecule has 6 nitrogen and oxygen atoms in total. The molecule has 0 bridgehead atoms. The summed E-state index contributed by atoms with van der Waals surface area (Å²) in [7, 11) is 1.97. The molecule has 1 saturated heterocycles. The zero-order valence-electron chi connectivity index (χ0n) is 15.2. The Kier molecular flexibility index (Phi) is 4.93. The van der Waals surface area contributed by atoms with Crippen molar-refractivity contribution in [2.24, 2.45) is 7.05 Å². The zero-order chi connectivity index (χ0) is 17.9. The minimum absolute atomic E-state index is 0.0383. The highest BCUT2D eigenvalue weighted by Crippen LogP contribution is 2.27. The Morgan fingerprint density at radius 1 is 1.31 bits per heavy atom. The Hall–Kier alpha value is -2.34. The second kappa shape index (κ2) is 7.50. The monoisotopic (exact) mass is 354 g/mol. The van der Waals surface area contributed by atoms with Crippen molar-refractivity contribution in [2.45, 2.75) is 37.8 Å². The van der Waals surface area contributed by atoms with Crippen LogP contribution in [0.15, 0.2) is 36.7 Å². The SMILES string of the molecule is Cn1ccnc1C1CNCCN1C(=O)c1cccc(OC2CCCC2)c1. The second-order valence-corrected chi connectivity index (χ2v) is 7.17. The molecule has 1 aromatic heterocycles. The minimum Gasteiger partial charge on any atom is -0.490 e. The van der Waals surface area contributed by atoms with Gasteiger partial charge in [0.05, 0.1) is 6.10 Å². The molecule has 2 fully saturated rings. The van der Waals surface area contributed by atoms with Gasteiger partial charge in [-0.3, -0.25) is 4.79 Å². The first-order valence-corrected chi connectivity index (χ1v) is 9.48. The molecule has 0 spiro atoms. The van der Waals surface area contributed by atoms with E-state index in [-0.39, 0.29) is 11.9 Å². The number of piperazine rings is 1. The highest BCUT2D eigenvalue weighted by Gasteiger charge is 2.31. The van der Waals surface area contributed by atoms with Gasteiger partial charge in [0.15, 0.2) is 0 Å². The van der Waals surface area contributed by atoms with Crippen LogP contribution in [0.3, 0.4) is 0 Å². The Morgan fingerprint density at radius 3 is 2.92 bits per heavy atom. The Bertz CT molecular complexity index is 767. The molecule has 2 aromatic rings. The summed E-state index contributed by atoms with van der Waals surface area (Å²) in [6.07, 6.45) is 8.67. The van der Waals surface area contributed by atoms with E-state index >= 15 is 0 Å². The topological polar surface area (TPSA) is 59.4 Å². The molecule has 1 saturated carbocycles. The van der Waals surface area contributed by atoms with Gasteiger partial charge in [-0.05, 0) is 43.9 Å². The van der Waals surface area contributed by atoms with Gasteiger partial charge >= 0.3 is 0 Å². The van der Waals surface area contributed by atoms with E-state index in [2.05, 4.69) is 10.3 Å². The smallest absolute Gasteiger partial charge is 0.254 e. The van der Waals surface area contributed by atoms with Crippen LogP contribution in [-0.4, -0.2) is 46.1 Å². The van der Waals surface area contributed by atoms with Crippen LogP contribution in [0.4, 0.5) is 0 Å². The lowest BCUT2D eigenvalue weighted by molar-refractivity contribution is 0.0620. The standard InChI is InChI=1S/C20H26N4O2/c1-23-11-10-22-19(23)18-14-21-9-12-24(18)20(25)15-5-4-8-17(13-15)26-16-6-2-3-7-16/h4-5,8,10-11,13,16,18,21H,2-3,6-7,9,12,14H2,1H3. The lowest BCUT2D eigenvalue weighted by atomic mass is 10.1. The molecule has 0 radical (unpaired) electrons. The summed E-state index contributed by atoms with van der Waals surface area (Å²) in [4.78, 5) is 19.6. The summed E-state index contributed by atoms with van der Waals surface area (Å²) in [5.41, 5.74) is 0.682. The molecule has 6 heteroatoms. The van der Waals surface area contributed by atoms with Crippen molar-refractivity contribution < 1.29 is 9.53 Å². The first-order valence-electron chi connectivity index (χ1n) is 9.48. The van der Waals surface area contributed by atoms with Gasteiger partial charge in [0.2, 0.25) is 0 Å². The van der Waals surface area contributed by atoms with Gasteiger partial charge in [0, 0.05) is 44.6 Å². The highest BCUT2D eigenvalue weighted by atomic mass is 16.5. The molecule has 1 unspecified atom stereocenters. The van der Waals surface area contributed by atoms with E-state index in [1.54, 1.807) is 6.20 Å². The molecule has 26 heavy (non-hydrogen) atoms. The van der Waals surface area contributed by atoms with Crippen LogP contribution in [0.5, 0.6) is 5.75 Å². The average molecular weight is 354 g/mol. The van der Waals surface area contributed by atoms with Crippen molar-refractivity contribution in [2.75, 3.05) is 19.6 Å². The van der Waals surface area contributed by atoms with Crippen LogP contribution in [-0.2, 0) is 7.05 Å².